The molecule has 0 saturated carbocycles. The van der Waals surface area contributed by atoms with Gasteiger partial charge >= 0.3 is 0 Å². The van der Waals surface area contributed by atoms with Crippen LogP contribution in [0.5, 0.6) is 0 Å². The zero-order valence-electron chi connectivity index (χ0n) is 34.0. The number of nitrogens with zero attached hydrogens (tertiary/aromatic N) is 1. The van der Waals surface area contributed by atoms with Crippen molar-refractivity contribution in [3.05, 3.63) is 249 Å². The normalized spacial score (nSPS) is 11.2. The van der Waals surface area contributed by atoms with Gasteiger partial charge in [-0.25, -0.2) is 0 Å². The van der Waals surface area contributed by atoms with Crippen LogP contribution in [0.2, 0.25) is 0 Å². The summed E-state index contributed by atoms with van der Waals surface area (Å²) in [6.45, 7) is 0. The van der Waals surface area contributed by atoms with Crippen molar-refractivity contribution >= 4 is 48.6 Å². The fraction of sp³-hybridized carbons (Fsp3) is 0. The van der Waals surface area contributed by atoms with Crippen molar-refractivity contribution in [1.29, 1.82) is 0 Å². The summed E-state index contributed by atoms with van der Waals surface area (Å²) in [5.41, 5.74) is 17.5. The molecule has 292 valence electrons. The molecule has 2 heteroatoms. The SMILES string of the molecule is c1ccc(-c2cccc(-c3ccc(N(c4ccccc4-c4cccc5c4sc4ccccc45)c4cccc(-c5ccccc5)c4-c4ccccc4-c4ccccc4)cc3)c2)cc1. The molecule has 0 aliphatic rings. The van der Waals surface area contributed by atoms with E-state index in [0.29, 0.717) is 0 Å². The lowest BCUT2D eigenvalue weighted by Gasteiger charge is -2.31. The van der Waals surface area contributed by atoms with Crippen LogP contribution < -0.4 is 4.90 Å². The largest absolute Gasteiger partial charge is 0.309 e. The first kappa shape index (κ1) is 37.2. The fourth-order valence-electron chi connectivity index (χ4n) is 9.01. The van der Waals surface area contributed by atoms with Crippen molar-refractivity contribution in [2.75, 3.05) is 4.90 Å². The quantitative estimate of drug-likeness (QED) is 0.140. The van der Waals surface area contributed by atoms with Crippen molar-refractivity contribution in [3.8, 4) is 66.8 Å². The van der Waals surface area contributed by atoms with Gasteiger partial charge in [0.1, 0.15) is 0 Å². The average molecular weight is 808 g/mol. The van der Waals surface area contributed by atoms with E-state index in [1.807, 2.05) is 11.3 Å². The Morgan fingerprint density at radius 3 is 1.47 bits per heavy atom. The van der Waals surface area contributed by atoms with Gasteiger partial charge in [0.15, 0.2) is 0 Å². The third-order valence-corrected chi connectivity index (χ3v) is 13.1. The van der Waals surface area contributed by atoms with Gasteiger partial charge in [-0.3, -0.25) is 0 Å². The first-order valence-electron chi connectivity index (χ1n) is 21.2. The predicted octanol–water partition coefficient (Wildman–Crippen LogP) is 17.5. The number of para-hydroxylation sites is 1. The Balaban J connectivity index is 1.17. The summed E-state index contributed by atoms with van der Waals surface area (Å²) in [4.78, 5) is 2.50. The molecule has 1 heterocycles. The van der Waals surface area contributed by atoms with E-state index in [1.165, 1.54) is 86.9 Å². The van der Waals surface area contributed by atoms with E-state index in [4.69, 9.17) is 0 Å². The summed E-state index contributed by atoms with van der Waals surface area (Å²) in [5, 5.41) is 2.58. The highest BCUT2D eigenvalue weighted by molar-refractivity contribution is 7.26. The zero-order chi connectivity index (χ0) is 41.2. The molecule has 11 rings (SSSR count). The maximum atomic E-state index is 2.50. The minimum absolute atomic E-state index is 1.08. The molecule has 0 spiro atoms. The Morgan fingerprint density at radius 2 is 0.742 bits per heavy atom. The molecule has 0 N–H and O–H groups in total. The Hall–Kier alpha value is -7.78. The van der Waals surface area contributed by atoms with E-state index in [9.17, 15) is 0 Å². The maximum Gasteiger partial charge on any atom is 0.0546 e. The van der Waals surface area contributed by atoms with E-state index in [0.717, 1.165) is 17.1 Å². The van der Waals surface area contributed by atoms with Crippen LogP contribution in [0.3, 0.4) is 0 Å². The molecule has 1 nitrogen and oxygen atoms in total. The van der Waals surface area contributed by atoms with Crippen molar-refractivity contribution in [3.63, 3.8) is 0 Å². The van der Waals surface area contributed by atoms with Crippen molar-refractivity contribution < 1.29 is 0 Å². The van der Waals surface area contributed by atoms with Gasteiger partial charge < -0.3 is 4.90 Å². The van der Waals surface area contributed by atoms with Crippen LogP contribution in [0.25, 0.3) is 86.9 Å². The molecule has 0 atom stereocenters. The van der Waals surface area contributed by atoms with Crippen LogP contribution >= 0.6 is 11.3 Å². The molecule has 0 fully saturated rings. The first-order chi connectivity index (χ1) is 30.8. The number of anilines is 3. The van der Waals surface area contributed by atoms with E-state index < -0.39 is 0 Å². The molecule has 10 aromatic carbocycles. The molecule has 1 aromatic heterocycles. The van der Waals surface area contributed by atoms with E-state index in [2.05, 4.69) is 254 Å². The lowest BCUT2D eigenvalue weighted by atomic mass is 9.87. The van der Waals surface area contributed by atoms with Crippen LogP contribution in [0, 0.1) is 0 Å². The summed E-state index contributed by atoms with van der Waals surface area (Å²) in [6, 6.07) is 90.4. The summed E-state index contributed by atoms with van der Waals surface area (Å²) >= 11 is 1.88. The van der Waals surface area contributed by atoms with Crippen molar-refractivity contribution in [2.45, 2.75) is 0 Å². The van der Waals surface area contributed by atoms with Gasteiger partial charge in [-0.05, 0) is 86.5 Å². The summed E-state index contributed by atoms with van der Waals surface area (Å²) in [6.07, 6.45) is 0. The number of hydrogen-bond donors (Lipinski definition) is 0. The lowest BCUT2D eigenvalue weighted by Crippen LogP contribution is -2.13. The zero-order valence-corrected chi connectivity index (χ0v) is 34.8. The summed E-state index contributed by atoms with van der Waals surface area (Å²) < 4.78 is 2.59. The minimum atomic E-state index is 1.08. The molecule has 11 aromatic rings. The first-order valence-corrected chi connectivity index (χ1v) is 22.0. The van der Waals surface area contributed by atoms with Gasteiger partial charge in [0.2, 0.25) is 0 Å². The van der Waals surface area contributed by atoms with Crippen molar-refractivity contribution in [2.24, 2.45) is 0 Å². The summed E-state index contributed by atoms with van der Waals surface area (Å²) in [5.74, 6) is 0. The van der Waals surface area contributed by atoms with Gasteiger partial charge in [-0.2, -0.15) is 0 Å². The van der Waals surface area contributed by atoms with Gasteiger partial charge in [0, 0.05) is 42.6 Å². The van der Waals surface area contributed by atoms with Crippen LogP contribution in [0.15, 0.2) is 249 Å². The smallest absolute Gasteiger partial charge is 0.0546 e. The van der Waals surface area contributed by atoms with Crippen LogP contribution in [0.4, 0.5) is 17.1 Å². The van der Waals surface area contributed by atoms with Crippen LogP contribution in [-0.2, 0) is 0 Å². The Bertz CT molecular complexity index is 3330. The van der Waals surface area contributed by atoms with E-state index in [-0.39, 0.29) is 0 Å². The molecule has 0 amide bonds. The number of benzene rings is 10. The second kappa shape index (κ2) is 16.3. The molecule has 0 bridgehead atoms. The number of fused-ring (bicyclic) bond motifs is 3. The third-order valence-electron chi connectivity index (χ3n) is 11.9. The molecule has 0 unspecified atom stereocenters. The summed E-state index contributed by atoms with van der Waals surface area (Å²) in [7, 11) is 0. The lowest BCUT2D eigenvalue weighted by molar-refractivity contribution is 1.28. The molecule has 62 heavy (non-hydrogen) atoms. The number of hydrogen-bond acceptors (Lipinski definition) is 2. The molecule has 0 saturated heterocycles. The highest BCUT2D eigenvalue weighted by Gasteiger charge is 2.25. The standard InChI is InChI=1S/C60H41NS/c1-4-19-42(20-5-1)46-25-16-26-47(41-46)43-37-39-48(40-38-43)61(56-34-14-12-28-51(56)54-32-17-33-55-52-29-13-15-36-58(52)62-60(54)55)57-35-18-31-50(45-23-8-3-9-24-45)59(57)53-30-11-10-27-49(53)44-21-6-2-7-22-44/h1-41H. The van der Waals surface area contributed by atoms with E-state index in [1.54, 1.807) is 0 Å². The maximum absolute atomic E-state index is 2.50. The third kappa shape index (κ3) is 6.87. The van der Waals surface area contributed by atoms with Crippen LogP contribution in [-0.4, -0.2) is 0 Å². The molecule has 0 aliphatic carbocycles. The highest BCUT2D eigenvalue weighted by atomic mass is 32.1. The highest BCUT2D eigenvalue weighted by Crippen LogP contribution is 2.51. The Morgan fingerprint density at radius 1 is 0.274 bits per heavy atom. The van der Waals surface area contributed by atoms with Gasteiger partial charge in [-0.1, -0.05) is 212 Å². The van der Waals surface area contributed by atoms with Crippen LogP contribution in [0.1, 0.15) is 0 Å². The van der Waals surface area contributed by atoms with Gasteiger partial charge in [-0.15, -0.1) is 11.3 Å². The topological polar surface area (TPSA) is 3.24 Å². The van der Waals surface area contributed by atoms with E-state index >= 15 is 0 Å². The predicted molar refractivity (Wildman–Crippen MR) is 267 cm³/mol. The molecular weight excluding hydrogens is 767 g/mol. The molecular formula is C60H41NS. The second-order valence-corrected chi connectivity index (χ2v) is 16.7. The Labute approximate surface area is 367 Å². The number of thiophene rings is 1. The monoisotopic (exact) mass is 807 g/mol. The van der Waals surface area contributed by atoms with Crippen molar-refractivity contribution in [1.82, 2.24) is 0 Å². The molecule has 0 radical (unpaired) electrons. The average Bonchev–Trinajstić information content (AvgIpc) is 3.74. The molecule has 0 aliphatic heterocycles. The second-order valence-electron chi connectivity index (χ2n) is 15.6. The number of rotatable bonds is 9. The van der Waals surface area contributed by atoms with Gasteiger partial charge in [0.05, 0.1) is 11.4 Å². The minimum Gasteiger partial charge on any atom is -0.309 e. The fourth-order valence-corrected chi connectivity index (χ4v) is 10.2. The van der Waals surface area contributed by atoms with Gasteiger partial charge in [0.25, 0.3) is 0 Å². The Kier molecular flexibility index (Phi) is 9.82.